The minimum atomic E-state index is -3.89. The van der Waals surface area contributed by atoms with Crippen LogP contribution >= 0.6 is 23.2 Å². The topological polar surface area (TPSA) is 86.1 Å². The zero-order valence-corrected chi connectivity index (χ0v) is 18.5. The smallest absolute Gasteiger partial charge is 0.263 e. The molecule has 0 spiro atoms. The molecule has 0 saturated carbocycles. The molecule has 0 aliphatic rings. The van der Waals surface area contributed by atoms with E-state index in [2.05, 4.69) is 14.9 Å². The summed E-state index contributed by atoms with van der Waals surface area (Å²) in [6, 6.07) is 16.5. The number of ether oxygens (including phenoxy) is 1. The number of hydrogen-bond acceptors (Lipinski definition) is 5. The van der Waals surface area contributed by atoms with Crippen molar-refractivity contribution in [3.05, 3.63) is 88.7 Å². The first kappa shape index (κ1) is 21.2. The fourth-order valence-corrected chi connectivity index (χ4v) is 4.64. The number of aromatic nitrogens is 3. The number of hydrogen-bond donors (Lipinski definition) is 1. The summed E-state index contributed by atoms with van der Waals surface area (Å²) in [7, 11) is -3.89. The molecule has 0 amide bonds. The van der Waals surface area contributed by atoms with Crippen LogP contribution in [-0.2, 0) is 10.0 Å². The minimum Gasteiger partial charge on any atom is -0.438 e. The Morgan fingerprint density at radius 3 is 2.29 bits per heavy atom. The molecule has 2 aromatic heterocycles. The van der Waals surface area contributed by atoms with Gasteiger partial charge in [-0.2, -0.15) is 0 Å². The van der Waals surface area contributed by atoms with E-state index in [0.29, 0.717) is 33.7 Å². The Kier molecular flexibility index (Phi) is 5.86. The summed E-state index contributed by atoms with van der Waals surface area (Å²) in [5.74, 6) is 1.46. The van der Waals surface area contributed by atoms with E-state index in [-0.39, 0.29) is 9.92 Å². The van der Waals surface area contributed by atoms with Gasteiger partial charge in [0, 0.05) is 29.2 Å². The highest BCUT2D eigenvalue weighted by Crippen LogP contribution is 2.30. The number of benzene rings is 2. The summed E-state index contributed by atoms with van der Waals surface area (Å²) in [5, 5.41) is 8.60. The van der Waals surface area contributed by atoms with Crippen molar-refractivity contribution in [2.45, 2.75) is 11.8 Å². The fraction of sp³-hybridized carbons (Fsp3) is 0.0476. The molecule has 0 radical (unpaired) electrons. The molecule has 31 heavy (non-hydrogen) atoms. The Hall–Kier alpha value is -3.07. The average Bonchev–Trinajstić information content (AvgIpc) is 3.27. The van der Waals surface area contributed by atoms with Gasteiger partial charge in [0.15, 0.2) is 5.82 Å². The number of anilines is 1. The van der Waals surface area contributed by atoms with Gasteiger partial charge in [-0.3, -0.25) is 4.72 Å². The van der Waals surface area contributed by atoms with Crippen LogP contribution in [0.4, 0.5) is 5.69 Å². The van der Waals surface area contributed by atoms with Crippen LogP contribution in [0.1, 0.15) is 5.56 Å². The van der Waals surface area contributed by atoms with Gasteiger partial charge < -0.3 is 9.30 Å². The average molecular weight is 475 g/mol. The van der Waals surface area contributed by atoms with Gasteiger partial charge in [0.05, 0.1) is 5.02 Å². The lowest BCUT2D eigenvalue weighted by molar-refractivity contribution is 0.454. The molecular weight excluding hydrogens is 459 g/mol. The number of halogens is 2. The second-order valence-corrected chi connectivity index (χ2v) is 9.05. The van der Waals surface area contributed by atoms with E-state index in [1.54, 1.807) is 43.3 Å². The summed E-state index contributed by atoms with van der Waals surface area (Å²) in [5.41, 5.74) is 0.962. The number of nitrogens with zero attached hydrogens (tertiary/aromatic N) is 3. The lowest BCUT2D eigenvalue weighted by atomic mass is 10.2. The molecule has 2 heterocycles. The SMILES string of the molecule is Cc1cc(S(=O)(=O)Nc2ccc(Oc3ccc(-n4cccc4)nn3)cc2)c(Cl)cc1Cl. The standard InChI is InChI=1S/C21H16Cl2N4O3S/c1-14-12-19(18(23)13-17(14)22)31(28,29)26-15-4-6-16(7-5-15)30-21-9-8-20(24-25-21)27-10-2-3-11-27/h2-13,26H,1H3. The van der Waals surface area contributed by atoms with Gasteiger partial charge in [-0.05, 0) is 67.1 Å². The van der Waals surface area contributed by atoms with Crippen molar-refractivity contribution in [3.63, 3.8) is 0 Å². The highest BCUT2D eigenvalue weighted by molar-refractivity contribution is 7.92. The third-order valence-corrected chi connectivity index (χ3v) is 6.58. The summed E-state index contributed by atoms with van der Waals surface area (Å²) in [4.78, 5) is -0.0468. The summed E-state index contributed by atoms with van der Waals surface area (Å²) >= 11 is 12.1. The predicted molar refractivity (Wildman–Crippen MR) is 120 cm³/mol. The second kappa shape index (κ2) is 8.58. The molecule has 10 heteroatoms. The first-order chi connectivity index (χ1) is 14.8. The number of sulfonamides is 1. The van der Waals surface area contributed by atoms with E-state index >= 15 is 0 Å². The predicted octanol–water partition coefficient (Wildman–Crippen LogP) is 5.48. The van der Waals surface area contributed by atoms with E-state index in [1.165, 1.54) is 12.1 Å². The lowest BCUT2D eigenvalue weighted by Gasteiger charge is -2.12. The van der Waals surface area contributed by atoms with Crippen LogP contribution in [0.25, 0.3) is 5.82 Å². The Morgan fingerprint density at radius 2 is 1.65 bits per heavy atom. The summed E-state index contributed by atoms with van der Waals surface area (Å²) in [6.45, 7) is 1.71. The molecule has 0 saturated heterocycles. The van der Waals surface area contributed by atoms with Gasteiger partial charge in [-0.1, -0.05) is 23.2 Å². The molecule has 2 aromatic carbocycles. The zero-order chi connectivity index (χ0) is 22.0. The van der Waals surface area contributed by atoms with E-state index in [0.717, 1.165) is 0 Å². The lowest BCUT2D eigenvalue weighted by Crippen LogP contribution is -2.13. The maximum atomic E-state index is 12.7. The van der Waals surface area contributed by atoms with Crippen molar-refractivity contribution >= 4 is 38.9 Å². The van der Waals surface area contributed by atoms with E-state index in [4.69, 9.17) is 27.9 Å². The molecule has 0 atom stereocenters. The normalized spacial score (nSPS) is 11.3. The Labute approximate surface area is 189 Å². The maximum absolute atomic E-state index is 12.7. The first-order valence-corrected chi connectivity index (χ1v) is 11.3. The van der Waals surface area contributed by atoms with Crippen molar-refractivity contribution in [1.29, 1.82) is 0 Å². The van der Waals surface area contributed by atoms with Gasteiger partial charge in [0.25, 0.3) is 10.0 Å². The largest absolute Gasteiger partial charge is 0.438 e. The van der Waals surface area contributed by atoms with Crippen LogP contribution in [0.2, 0.25) is 10.0 Å². The maximum Gasteiger partial charge on any atom is 0.263 e. The fourth-order valence-electron chi connectivity index (χ4n) is 2.75. The molecule has 0 aliphatic heterocycles. The van der Waals surface area contributed by atoms with Crippen LogP contribution < -0.4 is 9.46 Å². The van der Waals surface area contributed by atoms with Crippen LogP contribution in [0.15, 0.2) is 78.0 Å². The Morgan fingerprint density at radius 1 is 0.935 bits per heavy atom. The van der Waals surface area contributed by atoms with Crippen LogP contribution in [0.3, 0.4) is 0 Å². The van der Waals surface area contributed by atoms with Crippen LogP contribution in [-0.4, -0.2) is 23.2 Å². The van der Waals surface area contributed by atoms with Gasteiger partial charge in [-0.25, -0.2) is 8.42 Å². The van der Waals surface area contributed by atoms with E-state index in [1.807, 2.05) is 29.1 Å². The van der Waals surface area contributed by atoms with Crippen molar-refractivity contribution < 1.29 is 13.2 Å². The van der Waals surface area contributed by atoms with Gasteiger partial charge >= 0.3 is 0 Å². The van der Waals surface area contributed by atoms with Crippen molar-refractivity contribution in [1.82, 2.24) is 14.8 Å². The molecule has 4 aromatic rings. The third kappa shape index (κ3) is 4.82. The molecular formula is C21H16Cl2N4O3S. The number of aryl methyl sites for hydroxylation is 1. The first-order valence-electron chi connectivity index (χ1n) is 9.05. The van der Waals surface area contributed by atoms with Crippen molar-refractivity contribution in [2.75, 3.05) is 4.72 Å². The number of nitrogens with one attached hydrogen (secondary N) is 1. The van der Waals surface area contributed by atoms with E-state index in [9.17, 15) is 8.42 Å². The molecule has 1 N–H and O–H groups in total. The Balaban J connectivity index is 1.46. The molecule has 0 unspecified atom stereocenters. The molecule has 0 bridgehead atoms. The molecule has 158 valence electrons. The minimum absolute atomic E-state index is 0.0463. The van der Waals surface area contributed by atoms with Gasteiger partial charge in [0.2, 0.25) is 5.88 Å². The van der Waals surface area contributed by atoms with E-state index < -0.39 is 10.0 Å². The molecule has 0 aliphatic carbocycles. The summed E-state index contributed by atoms with van der Waals surface area (Å²) < 4.78 is 35.4. The number of rotatable bonds is 6. The highest BCUT2D eigenvalue weighted by atomic mass is 35.5. The zero-order valence-electron chi connectivity index (χ0n) is 16.2. The van der Waals surface area contributed by atoms with Crippen molar-refractivity contribution in [2.24, 2.45) is 0 Å². The quantitative estimate of drug-likeness (QED) is 0.399. The van der Waals surface area contributed by atoms with Gasteiger partial charge in [-0.15, -0.1) is 10.2 Å². The Bertz CT molecular complexity index is 1310. The van der Waals surface area contributed by atoms with Crippen LogP contribution in [0.5, 0.6) is 11.6 Å². The molecule has 7 nitrogen and oxygen atoms in total. The molecule has 4 rings (SSSR count). The second-order valence-electron chi connectivity index (χ2n) is 6.58. The third-order valence-electron chi connectivity index (χ3n) is 4.33. The summed E-state index contributed by atoms with van der Waals surface area (Å²) in [6.07, 6.45) is 3.73. The van der Waals surface area contributed by atoms with Crippen LogP contribution in [0, 0.1) is 6.92 Å². The monoisotopic (exact) mass is 474 g/mol. The molecule has 0 fully saturated rings. The highest BCUT2D eigenvalue weighted by Gasteiger charge is 2.19. The van der Waals surface area contributed by atoms with Crippen molar-refractivity contribution in [3.8, 4) is 17.4 Å². The van der Waals surface area contributed by atoms with Gasteiger partial charge in [0.1, 0.15) is 10.6 Å².